The summed E-state index contributed by atoms with van der Waals surface area (Å²) in [5.74, 6) is -0.0159. The molecule has 3 rings (SSSR count). The highest BCUT2D eigenvalue weighted by molar-refractivity contribution is 5.92. The molecule has 0 unspecified atom stereocenters. The van der Waals surface area contributed by atoms with Gasteiger partial charge < -0.3 is 4.90 Å². The van der Waals surface area contributed by atoms with Crippen molar-refractivity contribution in [3.05, 3.63) is 83.9 Å². The zero-order valence-corrected chi connectivity index (χ0v) is 15.2. The minimum atomic E-state index is -0.0159. The number of carbonyl (C=O) groups is 1. The van der Waals surface area contributed by atoms with E-state index in [2.05, 4.69) is 22.2 Å². The Kier molecular flexibility index (Phi) is 5.79. The van der Waals surface area contributed by atoms with E-state index < -0.39 is 0 Å². The number of pyridine rings is 1. The zero-order chi connectivity index (χ0) is 18.4. The molecule has 2 heterocycles. The Balaban J connectivity index is 1.81. The Morgan fingerprint density at radius 3 is 2.50 bits per heavy atom. The molecule has 0 aliphatic heterocycles. The first-order chi connectivity index (χ1) is 12.6. The van der Waals surface area contributed by atoms with Crippen LogP contribution in [0.4, 0.5) is 0 Å². The summed E-state index contributed by atoms with van der Waals surface area (Å²) in [6.07, 6.45) is 4.24. The molecule has 0 saturated heterocycles. The van der Waals surface area contributed by atoms with E-state index in [4.69, 9.17) is 0 Å². The van der Waals surface area contributed by atoms with Crippen LogP contribution >= 0.6 is 0 Å². The molecule has 26 heavy (non-hydrogen) atoms. The molecular weight excluding hydrogens is 324 g/mol. The maximum absolute atomic E-state index is 13.2. The van der Waals surface area contributed by atoms with Gasteiger partial charge in [0.05, 0.1) is 12.2 Å². The average molecular weight is 348 g/mol. The molecule has 0 aliphatic carbocycles. The van der Waals surface area contributed by atoms with Crippen molar-refractivity contribution in [3.8, 4) is 0 Å². The van der Waals surface area contributed by atoms with Crippen LogP contribution in [0.3, 0.4) is 0 Å². The molecule has 0 bridgehead atoms. The molecule has 0 aliphatic rings. The van der Waals surface area contributed by atoms with Gasteiger partial charge in [0.25, 0.3) is 5.91 Å². The smallest absolute Gasteiger partial charge is 0.272 e. The first-order valence-electron chi connectivity index (χ1n) is 8.92. The monoisotopic (exact) mass is 348 g/mol. The second-order valence-corrected chi connectivity index (χ2v) is 6.54. The van der Waals surface area contributed by atoms with Crippen LogP contribution in [0.25, 0.3) is 0 Å². The highest BCUT2D eigenvalue weighted by atomic mass is 16.2. The van der Waals surface area contributed by atoms with Gasteiger partial charge in [-0.2, -0.15) is 5.10 Å². The van der Waals surface area contributed by atoms with Crippen LogP contribution in [-0.2, 0) is 13.0 Å². The number of benzene rings is 1. The Morgan fingerprint density at radius 1 is 1.04 bits per heavy atom. The maximum atomic E-state index is 13.2. The summed E-state index contributed by atoms with van der Waals surface area (Å²) in [7, 11) is 0. The quantitative estimate of drug-likeness (QED) is 0.653. The van der Waals surface area contributed by atoms with Crippen LogP contribution in [0.1, 0.15) is 41.6 Å². The number of rotatable bonds is 7. The fourth-order valence-corrected chi connectivity index (χ4v) is 2.91. The van der Waals surface area contributed by atoms with E-state index >= 15 is 0 Å². The second-order valence-electron chi connectivity index (χ2n) is 6.54. The van der Waals surface area contributed by atoms with Crippen molar-refractivity contribution in [3.63, 3.8) is 0 Å². The van der Waals surface area contributed by atoms with Crippen LogP contribution < -0.4 is 0 Å². The van der Waals surface area contributed by atoms with Crippen molar-refractivity contribution in [2.24, 2.45) is 0 Å². The van der Waals surface area contributed by atoms with Gasteiger partial charge in [-0.25, -0.2) is 0 Å². The zero-order valence-electron chi connectivity index (χ0n) is 15.2. The first kappa shape index (κ1) is 17.9. The lowest BCUT2D eigenvalue weighted by molar-refractivity contribution is 0.0728. The van der Waals surface area contributed by atoms with E-state index in [9.17, 15) is 4.79 Å². The van der Waals surface area contributed by atoms with Crippen LogP contribution in [0.5, 0.6) is 0 Å². The lowest BCUT2D eigenvalue weighted by atomic mass is 10.1. The normalized spacial score (nSPS) is 10.9. The number of nitrogens with zero attached hydrogens (tertiary/aromatic N) is 4. The third-order valence-corrected chi connectivity index (χ3v) is 4.26. The van der Waals surface area contributed by atoms with Crippen molar-refractivity contribution in [1.29, 1.82) is 0 Å². The maximum Gasteiger partial charge on any atom is 0.272 e. The summed E-state index contributed by atoms with van der Waals surface area (Å²) in [6, 6.07) is 17.9. The fraction of sp³-hybridized carbons (Fsp3) is 0.286. The highest BCUT2D eigenvalue weighted by Gasteiger charge is 2.21. The molecule has 5 heteroatoms. The summed E-state index contributed by atoms with van der Waals surface area (Å²) in [6.45, 7) is 5.16. The average Bonchev–Trinajstić information content (AvgIpc) is 3.16. The van der Waals surface area contributed by atoms with Crippen LogP contribution in [0.2, 0.25) is 0 Å². The third-order valence-electron chi connectivity index (χ3n) is 4.26. The summed E-state index contributed by atoms with van der Waals surface area (Å²) < 4.78 is 1.77. The molecule has 1 aromatic carbocycles. The molecule has 0 saturated carbocycles. The highest BCUT2D eigenvalue weighted by Crippen LogP contribution is 2.14. The second kappa shape index (κ2) is 8.43. The molecule has 0 spiro atoms. The minimum Gasteiger partial charge on any atom is -0.331 e. The molecule has 1 amide bonds. The van der Waals surface area contributed by atoms with Gasteiger partial charge in [-0.15, -0.1) is 0 Å². The third kappa shape index (κ3) is 4.36. The topological polar surface area (TPSA) is 51.0 Å². The summed E-state index contributed by atoms with van der Waals surface area (Å²) >= 11 is 0. The van der Waals surface area contributed by atoms with Gasteiger partial charge in [-0.1, -0.05) is 36.4 Å². The Morgan fingerprint density at radius 2 is 1.81 bits per heavy atom. The molecule has 5 nitrogen and oxygen atoms in total. The van der Waals surface area contributed by atoms with E-state index in [1.54, 1.807) is 23.1 Å². The summed E-state index contributed by atoms with van der Waals surface area (Å²) in [5, 5.41) is 4.30. The van der Waals surface area contributed by atoms with Gasteiger partial charge in [-0.3, -0.25) is 14.5 Å². The Hall–Kier alpha value is -2.95. The van der Waals surface area contributed by atoms with Crippen LogP contribution in [-0.4, -0.2) is 32.1 Å². The van der Waals surface area contributed by atoms with E-state index in [1.807, 2.05) is 55.1 Å². The van der Waals surface area contributed by atoms with Gasteiger partial charge in [0.15, 0.2) is 0 Å². The Bertz CT molecular complexity index is 827. The van der Waals surface area contributed by atoms with Gasteiger partial charge in [-0.05, 0) is 44.0 Å². The van der Waals surface area contributed by atoms with Crippen molar-refractivity contribution >= 4 is 5.91 Å². The van der Waals surface area contributed by atoms with Crippen molar-refractivity contribution in [1.82, 2.24) is 19.7 Å². The van der Waals surface area contributed by atoms with Crippen LogP contribution in [0.15, 0.2) is 67.0 Å². The van der Waals surface area contributed by atoms with Gasteiger partial charge >= 0.3 is 0 Å². The van der Waals surface area contributed by atoms with Crippen molar-refractivity contribution < 1.29 is 4.79 Å². The number of hydrogen-bond acceptors (Lipinski definition) is 3. The molecule has 0 atom stereocenters. The number of aromatic nitrogens is 3. The number of hydrogen-bond donors (Lipinski definition) is 0. The van der Waals surface area contributed by atoms with E-state index in [0.717, 1.165) is 12.1 Å². The SMILES string of the molecule is CC(C)n1nccc1C(=O)N(CCc1ccccc1)Cc1ccccn1. The lowest BCUT2D eigenvalue weighted by Crippen LogP contribution is -2.34. The number of amides is 1. The molecule has 2 aromatic heterocycles. The summed E-state index contributed by atoms with van der Waals surface area (Å²) in [4.78, 5) is 19.4. The molecule has 134 valence electrons. The first-order valence-corrected chi connectivity index (χ1v) is 8.92. The molecule has 0 radical (unpaired) electrons. The summed E-state index contributed by atoms with van der Waals surface area (Å²) in [5.41, 5.74) is 2.71. The van der Waals surface area contributed by atoms with Gasteiger partial charge in [0.2, 0.25) is 0 Å². The lowest BCUT2D eigenvalue weighted by Gasteiger charge is -2.23. The standard InChI is InChI=1S/C21H24N4O/c1-17(2)25-20(11-14-23-25)21(26)24(16-19-10-6-7-13-22-19)15-12-18-8-4-3-5-9-18/h3-11,13-14,17H,12,15-16H2,1-2H3. The van der Waals surface area contributed by atoms with Gasteiger partial charge in [0, 0.05) is 25.0 Å². The van der Waals surface area contributed by atoms with Crippen molar-refractivity contribution in [2.45, 2.75) is 32.9 Å². The van der Waals surface area contributed by atoms with Crippen molar-refractivity contribution in [2.75, 3.05) is 6.54 Å². The van der Waals surface area contributed by atoms with Crippen LogP contribution in [0, 0.1) is 0 Å². The van der Waals surface area contributed by atoms with E-state index in [1.165, 1.54) is 5.56 Å². The molecular formula is C21H24N4O. The predicted octanol–water partition coefficient (Wildman–Crippen LogP) is 3.74. The molecule has 0 N–H and O–H groups in total. The van der Waals surface area contributed by atoms with E-state index in [0.29, 0.717) is 18.8 Å². The largest absolute Gasteiger partial charge is 0.331 e. The van der Waals surface area contributed by atoms with Gasteiger partial charge in [0.1, 0.15) is 5.69 Å². The number of carbonyl (C=O) groups excluding carboxylic acids is 1. The van der Waals surface area contributed by atoms with E-state index in [-0.39, 0.29) is 11.9 Å². The molecule has 0 fully saturated rings. The molecule has 3 aromatic rings. The predicted molar refractivity (Wildman–Crippen MR) is 102 cm³/mol. The minimum absolute atomic E-state index is 0.0159. The fourth-order valence-electron chi connectivity index (χ4n) is 2.91. The Labute approximate surface area is 154 Å².